The number of halogens is 3. The predicted molar refractivity (Wildman–Crippen MR) is 80.8 cm³/mol. The van der Waals surface area contributed by atoms with Crippen LogP contribution < -0.4 is 5.48 Å². The normalized spacial score (nSPS) is 11.7. The molecule has 0 bridgehead atoms. The summed E-state index contributed by atoms with van der Waals surface area (Å²) in [5.41, 5.74) is 2.17. The highest BCUT2D eigenvalue weighted by Gasteiger charge is 2.38. The van der Waals surface area contributed by atoms with Gasteiger partial charge in [0.1, 0.15) is 6.33 Å². The summed E-state index contributed by atoms with van der Waals surface area (Å²) in [6.45, 7) is 2.28. The Hall–Kier alpha value is -2.80. The highest BCUT2D eigenvalue weighted by molar-refractivity contribution is 7.15. The van der Waals surface area contributed by atoms with Crippen LogP contribution in [0.2, 0.25) is 0 Å². The smallest absolute Gasteiger partial charge is 0.329 e. The lowest BCUT2D eigenvalue weighted by atomic mass is 10.4. The number of hydrogen-bond acceptors (Lipinski definition) is 8. The van der Waals surface area contributed by atoms with E-state index in [1.807, 2.05) is 0 Å². The van der Waals surface area contributed by atoms with Crippen LogP contribution >= 0.6 is 11.3 Å². The zero-order chi connectivity index (χ0) is 18.7. The second-order valence-corrected chi connectivity index (χ2v) is 5.99. The van der Waals surface area contributed by atoms with Crippen LogP contribution in [0.25, 0.3) is 10.7 Å². The molecular formula is C13H11F3N6O3S. The molecule has 26 heavy (non-hydrogen) atoms. The Bertz CT molecular complexity index is 903. The fourth-order valence-corrected chi connectivity index (χ4v) is 2.77. The average molecular weight is 388 g/mol. The van der Waals surface area contributed by atoms with Crippen LogP contribution in [0.15, 0.2) is 23.0 Å². The largest absolute Gasteiger partial charge is 0.471 e. The number of amides is 1. The van der Waals surface area contributed by atoms with E-state index in [4.69, 9.17) is 4.84 Å². The highest BCUT2D eigenvalue weighted by Crippen LogP contribution is 2.31. The van der Waals surface area contributed by atoms with E-state index < -0.39 is 18.0 Å². The molecule has 3 heterocycles. The molecule has 3 rings (SSSR count). The molecule has 0 aliphatic carbocycles. The molecule has 1 amide bonds. The predicted octanol–water partition coefficient (Wildman–Crippen LogP) is 2.14. The maximum Gasteiger partial charge on any atom is 0.471 e. The van der Waals surface area contributed by atoms with Crippen molar-refractivity contribution in [3.63, 3.8) is 0 Å². The Morgan fingerprint density at radius 2 is 2.23 bits per heavy atom. The molecule has 0 saturated heterocycles. The molecule has 0 radical (unpaired) electrons. The number of aromatic nitrogens is 5. The SMILES string of the molecule is CCONC(=O)c1ncn(Cc2ccc(-c3noc(C(F)(F)F)n3)s2)n1. The first kappa shape index (κ1) is 18.0. The molecule has 3 aromatic rings. The van der Waals surface area contributed by atoms with Crippen molar-refractivity contribution in [3.05, 3.63) is 35.1 Å². The number of rotatable bonds is 6. The summed E-state index contributed by atoms with van der Waals surface area (Å²) in [6, 6.07) is 3.26. The summed E-state index contributed by atoms with van der Waals surface area (Å²) < 4.78 is 43.1. The van der Waals surface area contributed by atoms with E-state index in [0.29, 0.717) is 11.5 Å². The maximum absolute atomic E-state index is 12.5. The van der Waals surface area contributed by atoms with Crippen molar-refractivity contribution in [1.29, 1.82) is 0 Å². The first-order chi connectivity index (χ1) is 12.4. The molecule has 1 N–H and O–H groups in total. The lowest BCUT2D eigenvalue weighted by molar-refractivity contribution is -0.159. The van der Waals surface area contributed by atoms with Gasteiger partial charge in [-0.2, -0.15) is 18.2 Å². The Labute approximate surface area is 147 Å². The summed E-state index contributed by atoms with van der Waals surface area (Å²) >= 11 is 1.17. The van der Waals surface area contributed by atoms with Gasteiger partial charge in [0.05, 0.1) is 18.0 Å². The minimum Gasteiger partial charge on any atom is -0.329 e. The van der Waals surface area contributed by atoms with Crippen LogP contribution in [0.1, 0.15) is 28.3 Å². The van der Waals surface area contributed by atoms with E-state index >= 15 is 0 Å². The summed E-state index contributed by atoms with van der Waals surface area (Å²) in [4.78, 5) is 24.8. The number of alkyl halides is 3. The average Bonchev–Trinajstić information content (AvgIpc) is 3.31. The van der Waals surface area contributed by atoms with Crippen molar-refractivity contribution in [2.75, 3.05) is 6.61 Å². The highest BCUT2D eigenvalue weighted by atomic mass is 32.1. The van der Waals surface area contributed by atoms with Crippen LogP contribution in [0.5, 0.6) is 0 Å². The minimum absolute atomic E-state index is 0.0665. The first-order valence-corrected chi connectivity index (χ1v) is 8.00. The van der Waals surface area contributed by atoms with E-state index in [9.17, 15) is 18.0 Å². The molecule has 13 heteroatoms. The number of carbonyl (C=O) groups excluding carboxylic acids is 1. The summed E-state index contributed by atoms with van der Waals surface area (Å²) in [6.07, 6.45) is -3.33. The third kappa shape index (κ3) is 4.05. The number of carbonyl (C=O) groups is 1. The molecule has 0 saturated carbocycles. The van der Waals surface area contributed by atoms with Gasteiger partial charge in [0.15, 0.2) is 0 Å². The fraction of sp³-hybridized carbons (Fsp3) is 0.308. The van der Waals surface area contributed by atoms with Gasteiger partial charge < -0.3 is 4.52 Å². The monoisotopic (exact) mass is 388 g/mol. The second kappa shape index (κ2) is 7.21. The van der Waals surface area contributed by atoms with Crippen molar-refractivity contribution in [2.24, 2.45) is 0 Å². The number of thiophene rings is 1. The Kier molecular flexibility index (Phi) is 4.99. The molecule has 9 nitrogen and oxygen atoms in total. The van der Waals surface area contributed by atoms with E-state index in [-0.39, 0.29) is 18.2 Å². The van der Waals surface area contributed by atoms with Crippen LogP contribution in [0.4, 0.5) is 13.2 Å². The molecular weight excluding hydrogens is 377 g/mol. The topological polar surface area (TPSA) is 108 Å². The van der Waals surface area contributed by atoms with Gasteiger partial charge in [-0.25, -0.2) is 15.1 Å². The van der Waals surface area contributed by atoms with Gasteiger partial charge in [-0.15, -0.1) is 16.4 Å². The van der Waals surface area contributed by atoms with Crippen LogP contribution in [0.3, 0.4) is 0 Å². The molecule has 0 aliphatic rings. The molecule has 3 aromatic heterocycles. The lowest BCUT2D eigenvalue weighted by Gasteiger charge is -1.99. The van der Waals surface area contributed by atoms with Crippen LogP contribution in [0, 0.1) is 0 Å². The summed E-state index contributed by atoms with van der Waals surface area (Å²) in [7, 11) is 0. The molecule has 0 fully saturated rings. The fourth-order valence-electron chi connectivity index (χ4n) is 1.84. The van der Waals surface area contributed by atoms with Gasteiger partial charge in [0.25, 0.3) is 0 Å². The van der Waals surface area contributed by atoms with Gasteiger partial charge in [0.2, 0.25) is 11.6 Å². The van der Waals surface area contributed by atoms with Crippen molar-refractivity contribution >= 4 is 17.2 Å². The van der Waals surface area contributed by atoms with E-state index in [1.54, 1.807) is 19.1 Å². The number of hydroxylamine groups is 1. The molecule has 0 unspecified atom stereocenters. The third-order valence-corrected chi connectivity index (χ3v) is 3.98. The van der Waals surface area contributed by atoms with Crippen molar-refractivity contribution in [3.8, 4) is 10.7 Å². The number of hydrogen-bond donors (Lipinski definition) is 1. The molecule has 138 valence electrons. The quantitative estimate of drug-likeness (QED) is 0.645. The molecule has 0 atom stereocenters. The van der Waals surface area contributed by atoms with Crippen molar-refractivity contribution < 1.29 is 27.3 Å². The van der Waals surface area contributed by atoms with E-state index in [2.05, 4.69) is 30.2 Å². The van der Waals surface area contributed by atoms with Crippen molar-refractivity contribution in [2.45, 2.75) is 19.6 Å². The van der Waals surface area contributed by atoms with Crippen LogP contribution in [-0.2, 0) is 17.6 Å². The van der Waals surface area contributed by atoms with Gasteiger partial charge in [-0.05, 0) is 19.1 Å². The maximum atomic E-state index is 12.5. The van der Waals surface area contributed by atoms with Gasteiger partial charge in [0, 0.05) is 4.88 Å². The minimum atomic E-state index is -4.69. The molecule has 0 aromatic carbocycles. The van der Waals surface area contributed by atoms with E-state index in [1.165, 1.54) is 22.3 Å². The Morgan fingerprint density at radius 3 is 2.92 bits per heavy atom. The first-order valence-electron chi connectivity index (χ1n) is 7.18. The summed E-state index contributed by atoms with van der Waals surface area (Å²) in [5, 5.41) is 7.33. The Balaban J connectivity index is 1.68. The molecule has 0 spiro atoms. The number of nitrogens with zero attached hydrogens (tertiary/aromatic N) is 5. The van der Waals surface area contributed by atoms with Gasteiger partial charge >= 0.3 is 18.0 Å². The van der Waals surface area contributed by atoms with Gasteiger partial charge in [-0.3, -0.25) is 9.63 Å². The van der Waals surface area contributed by atoms with Gasteiger partial charge in [-0.1, -0.05) is 5.16 Å². The second-order valence-electron chi connectivity index (χ2n) is 4.82. The standard InChI is InChI=1S/C13H11F3N6O3S/c1-2-24-21-11(23)10-17-6-22(19-10)5-7-3-4-8(26-7)9-18-12(25-20-9)13(14,15)16/h3-4,6H,2,5H2,1H3,(H,21,23). The van der Waals surface area contributed by atoms with E-state index in [0.717, 1.165) is 4.88 Å². The third-order valence-electron chi connectivity index (χ3n) is 2.92. The summed E-state index contributed by atoms with van der Waals surface area (Å²) in [5.74, 6) is -2.19. The lowest BCUT2D eigenvalue weighted by Crippen LogP contribution is -2.25. The zero-order valence-corrected chi connectivity index (χ0v) is 14.0. The number of nitrogens with one attached hydrogen (secondary N) is 1. The molecule has 0 aliphatic heterocycles. The zero-order valence-electron chi connectivity index (χ0n) is 13.1. The Morgan fingerprint density at radius 1 is 1.42 bits per heavy atom. The van der Waals surface area contributed by atoms with Crippen LogP contribution in [-0.4, -0.2) is 37.4 Å². The van der Waals surface area contributed by atoms with Crippen molar-refractivity contribution in [1.82, 2.24) is 30.4 Å².